The lowest BCUT2D eigenvalue weighted by Crippen LogP contribution is -2.30. The molecule has 0 aliphatic carbocycles. The van der Waals surface area contributed by atoms with Crippen LogP contribution in [0.25, 0.3) is 0 Å². The first kappa shape index (κ1) is 10.1. The molecule has 0 saturated heterocycles. The maximum Gasteiger partial charge on any atom is 0.231 e. The van der Waals surface area contributed by atoms with E-state index in [1.807, 2.05) is 19.2 Å². The molecule has 0 fully saturated rings. The first-order chi connectivity index (χ1) is 6.09. The molecule has 1 aromatic heterocycles. The molecular weight excluding hydrogens is 186 g/mol. The number of thiazole rings is 1. The summed E-state index contributed by atoms with van der Waals surface area (Å²) in [7, 11) is 0. The van der Waals surface area contributed by atoms with Crippen LogP contribution in [-0.2, 0) is 4.79 Å². The van der Waals surface area contributed by atoms with Crippen molar-refractivity contribution in [2.45, 2.75) is 19.9 Å². The third kappa shape index (κ3) is 3.12. The molecule has 72 valence electrons. The van der Waals surface area contributed by atoms with Crippen molar-refractivity contribution < 1.29 is 4.79 Å². The smallest absolute Gasteiger partial charge is 0.231 e. The molecular formula is C8H13N3OS. The Balaban J connectivity index is 2.48. The van der Waals surface area contributed by atoms with Crippen LogP contribution >= 0.6 is 11.3 Å². The van der Waals surface area contributed by atoms with Crippen molar-refractivity contribution in [2.24, 2.45) is 5.73 Å². The predicted molar refractivity (Wildman–Crippen MR) is 52.5 cm³/mol. The average molecular weight is 199 g/mol. The number of hydrogen-bond acceptors (Lipinski definition) is 4. The highest BCUT2D eigenvalue weighted by Gasteiger charge is 2.08. The van der Waals surface area contributed by atoms with Crippen molar-refractivity contribution in [2.75, 3.05) is 6.54 Å². The van der Waals surface area contributed by atoms with Gasteiger partial charge in [0.2, 0.25) is 5.91 Å². The van der Waals surface area contributed by atoms with E-state index in [-0.39, 0.29) is 18.5 Å². The molecule has 1 heterocycles. The third-order valence-corrected chi connectivity index (χ3v) is 2.45. The molecule has 5 heteroatoms. The molecule has 4 nitrogen and oxygen atoms in total. The molecule has 1 aromatic rings. The summed E-state index contributed by atoms with van der Waals surface area (Å²) in [6.45, 7) is 4.10. The normalized spacial score (nSPS) is 12.8. The number of rotatable bonds is 4. The third-order valence-electron chi connectivity index (χ3n) is 1.66. The van der Waals surface area contributed by atoms with Crippen LogP contribution in [0.15, 0.2) is 5.38 Å². The highest BCUT2D eigenvalue weighted by molar-refractivity contribution is 7.09. The minimum absolute atomic E-state index is 0.0810. The fourth-order valence-electron chi connectivity index (χ4n) is 0.937. The van der Waals surface area contributed by atoms with Gasteiger partial charge in [-0.15, -0.1) is 11.3 Å². The molecule has 0 aliphatic heterocycles. The first-order valence-corrected chi connectivity index (χ1v) is 4.91. The molecule has 1 unspecified atom stereocenters. The summed E-state index contributed by atoms with van der Waals surface area (Å²) in [5.74, 6) is -0.348. The van der Waals surface area contributed by atoms with E-state index >= 15 is 0 Å². The predicted octanol–water partition coefficient (Wildman–Crippen LogP) is 0.587. The second kappa shape index (κ2) is 4.34. The maximum absolute atomic E-state index is 10.5. The average Bonchev–Trinajstić information content (AvgIpc) is 2.47. The van der Waals surface area contributed by atoms with Crippen molar-refractivity contribution in [3.8, 4) is 0 Å². The van der Waals surface area contributed by atoms with Crippen LogP contribution in [0.2, 0.25) is 0 Å². The van der Waals surface area contributed by atoms with Gasteiger partial charge in [0.25, 0.3) is 0 Å². The number of carbonyl (C=O) groups is 1. The number of aromatic nitrogens is 1. The summed E-state index contributed by atoms with van der Waals surface area (Å²) in [4.78, 5) is 14.8. The minimum Gasteiger partial charge on any atom is -0.369 e. The zero-order valence-electron chi connectivity index (χ0n) is 7.70. The van der Waals surface area contributed by atoms with Gasteiger partial charge in [-0.25, -0.2) is 4.98 Å². The summed E-state index contributed by atoms with van der Waals surface area (Å²) in [5.41, 5.74) is 5.97. The summed E-state index contributed by atoms with van der Waals surface area (Å²) in [5, 5.41) is 5.99. The molecule has 1 atom stereocenters. The topological polar surface area (TPSA) is 68.0 Å². The van der Waals surface area contributed by atoms with Crippen molar-refractivity contribution in [1.29, 1.82) is 0 Å². The lowest BCUT2D eigenvalue weighted by Gasteiger charge is -2.08. The second-order valence-corrected chi connectivity index (χ2v) is 3.92. The highest BCUT2D eigenvalue weighted by atomic mass is 32.1. The van der Waals surface area contributed by atoms with Gasteiger partial charge < -0.3 is 11.1 Å². The molecule has 1 rings (SSSR count). The quantitative estimate of drug-likeness (QED) is 0.745. The molecule has 1 amide bonds. The van der Waals surface area contributed by atoms with Crippen molar-refractivity contribution in [1.82, 2.24) is 10.3 Å². The van der Waals surface area contributed by atoms with Gasteiger partial charge in [0, 0.05) is 11.4 Å². The molecule has 0 saturated carbocycles. The van der Waals surface area contributed by atoms with Crippen LogP contribution in [0.4, 0.5) is 0 Å². The Kier molecular flexibility index (Phi) is 3.39. The number of hydrogen-bond donors (Lipinski definition) is 2. The Morgan fingerprint density at radius 3 is 3.00 bits per heavy atom. The van der Waals surface area contributed by atoms with Crippen LogP contribution in [0.3, 0.4) is 0 Å². The number of aryl methyl sites for hydroxylation is 1. The van der Waals surface area contributed by atoms with Crippen LogP contribution in [0, 0.1) is 6.92 Å². The molecule has 0 aliphatic rings. The van der Waals surface area contributed by atoms with Gasteiger partial charge in [0.1, 0.15) is 0 Å². The number of primary amides is 1. The van der Waals surface area contributed by atoms with Crippen molar-refractivity contribution in [3.05, 3.63) is 16.1 Å². The lowest BCUT2D eigenvalue weighted by molar-refractivity contribution is -0.117. The van der Waals surface area contributed by atoms with Crippen molar-refractivity contribution in [3.63, 3.8) is 0 Å². The van der Waals surface area contributed by atoms with Crippen LogP contribution in [0.1, 0.15) is 23.7 Å². The van der Waals surface area contributed by atoms with E-state index in [0.29, 0.717) is 0 Å². The Hall–Kier alpha value is -0.940. The van der Waals surface area contributed by atoms with E-state index in [1.165, 1.54) is 0 Å². The summed E-state index contributed by atoms with van der Waals surface area (Å²) < 4.78 is 0. The van der Waals surface area contributed by atoms with E-state index in [0.717, 1.165) is 10.7 Å². The van der Waals surface area contributed by atoms with Crippen LogP contribution < -0.4 is 11.1 Å². The van der Waals surface area contributed by atoms with Gasteiger partial charge in [-0.05, 0) is 13.8 Å². The van der Waals surface area contributed by atoms with Gasteiger partial charge in [-0.3, -0.25) is 4.79 Å². The van der Waals surface area contributed by atoms with Gasteiger partial charge >= 0.3 is 0 Å². The van der Waals surface area contributed by atoms with Crippen LogP contribution in [-0.4, -0.2) is 17.4 Å². The Labute approximate surface area is 81.2 Å². The lowest BCUT2D eigenvalue weighted by atomic mass is 10.2. The molecule has 0 aromatic carbocycles. The van der Waals surface area contributed by atoms with Gasteiger partial charge in [0.05, 0.1) is 17.2 Å². The Morgan fingerprint density at radius 1 is 1.85 bits per heavy atom. The van der Waals surface area contributed by atoms with Gasteiger partial charge in [-0.2, -0.15) is 0 Å². The van der Waals surface area contributed by atoms with Gasteiger partial charge in [-0.1, -0.05) is 0 Å². The van der Waals surface area contributed by atoms with E-state index in [2.05, 4.69) is 10.3 Å². The minimum atomic E-state index is -0.348. The Bertz CT molecular complexity index is 297. The summed E-state index contributed by atoms with van der Waals surface area (Å²) in [6.07, 6.45) is 0. The van der Waals surface area contributed by atoms with E-state index in [1.54, 1.807) is 11.3 Å². The SMILES string of the molecule is Cc1nc(C(C)NCC(N)=O)cs1. The number of amides is 1. The number of nitrogens with zero attached hydrogens (tertiary/aromatic N) is 1. The number of nitrogens with one attached hydrogen (secondary N) is 1. The summed E-state index contributed by atoms with van der Waals surface area (Å²) in [6, 6.07) is 0.0810. The number of nitrogens with two attached hydrogens (primary N) is 1. The standard InChI is InChI=1S/C8H13N3OS/c1-5(10-3-8(9)12)7-4-13-6(2)11-7/h4-5,10H,3H2,1-2H3,(H2,9,12). The van der Waals surface area contributed by atoms with E-state index in [9.17, 15) is 4.79 Å². The van der Waals surface area contributed by atoms with E-state index in [4.69, 9.17) is 5.73 Å². The monoisotopic (exact) mass is 199 g/mol. The molecule has 0 bridgehead atoms. The largest absolute Gasteiger partial charge is 0.369 e. The fourth-order valence-corrected chi connectivity index (χ4v) is 1.64. The van der Waals surface area contributed by atoms with E-state index < -0.39 is 0 Å². The van der Waals surface area contributed by atoms with Crippen molar-refractivity contribution >= 4 is 17.2 Å². The summed E-state index contributed by atoms with van der Waals surface area (Å²) >= 11 is 1.60. The zero-order valence-corrected chi connectivity index (χ0v) is 8.52. The molecule has 0 radical (unpaired) electrons. The molecule has 3 N–H and O–H groups in total. The number of carbonyl (C=O) groups excluding carboxylic acids is 1. The maximum atomic E-state index is 10.5. The zero-order chi connectivity index (χ0) is 9.84. The fraction of sp³-hybridized carbons (Fsp3) is 0.500. The van der Waals surface area contributed by atoms with Gasteiger partial charge in [0.15, 0.2) is 0 Å². The molecule has 13 heavy (non-hydrogen) atoms. The Morgan fingerprint density at radius 2 is 2.54 bits per heavy atom. The second-order valence-electron chi connectivity index (χ2n) is 2.86. The first-order valence-electron chi connectivity index (χ1n) is 4.03. The molecule has 0 spiro atoms. The van der Waals surface area contributed by atoms with Crippen LogP contribution in [0.5, 0.6) is 0 Å². The highest BCUT2D eigenvalue weighted by Crippen LogP contribution is 2.14.